The van der Waals surface area contributed by atoms with Crippen LogP contribution in [0, 0.1) is 0 Å². The number of methoxy groups -OCH3 is 2. The van der Waals surface area contributed by atoms with Crippen LogP contribution in [0.25, 0.3) is 0 Å². The zero-order valence-corrected chi connectivity index (χ0v) is 10.9. The third-order valence-electron chi connectivity index (χ3n) is 2.30. The van der Waals surface area contributed by atoms with Gasteiger partial charge in [-0.1, -0.05) is 6.07 Å². The summed E-state index contributed by atoms with van der Waals surface area (Å²) in [5, 5.41) is 0.849. The van der Waals surface area contributed by atoms with Crippen molar-refractivity contribution in [2.45, 2.75) is 6.42 Å². The molecule has 0 unspecified atom stereocenters. The van der Waals surface area contributed by atoms with E-state index in [-0.39, 0.29) is 5.97 Å². The average Bonchev–Trinajstić information content (AvgIpc) is 2.87. The van der Waals surface area contributed by atoms with Crippen molar-refractivity contribution >= 4 is 17.3 Å². The molecule has 94 valence electrons. The molecule has 0 aromatic carbocycles. The molecular formula is C12H12N2O3S. The van der Waals surface area contributed by atoms with E-state index in [2.05, 4.69) is 14.7 Å². The van der Waals surface area contributed by atoms with Gasteiger partial charge in [-0.05, 0) is 5.56 Å². The van der Waals surface area contributed by atoms with Crippen LogP contribution in [0.5, 0.6) is 5.88 Å². The van der Waals surface area contributed by atoms with Gasteiger partial charge in [-0.25, -0.2) is 14.8 Å². The van der Waals surface area contributed by atoms with Crippen LogP contribution in [0.3, 0.4) is 0 Å². The highest BCUT2D eigenvalue weighted by Crippen LogP contribution is 2.18. The van der Waals surface area contributed by atoms with Crippen LogP contribution < -0.4 is 4.74 Å². The van der Waals surface area contributed by atoms with Gasteiger partial charge in [0.2, 0.25) is 5.88 Å². The maximum Gasteiger partial charge on any atom is 0.349 e. The molecule has 0 N–H and O–H groups in total. The first kappa shape index (κ1) is 12.5. The zero-order chi connectivity index (χ0) is 13.0. The molecule has 2 aromatic rings. The maximum atomic E-state index is 11.3. The summed E-state index contributed by atoms with van der Waals surface area (Å²) < 4.78 is 9.62. The Morgan fingerprint density at radius 2 is 2.11 bits per heavy atom. The molecule has 5 nitrogen and oxygen atoms in total. The summed E-state index contributed by atoms with van der Waals surface area (Å²) in [7, 11) is 2.93. The Kier molecular flexibility index (Phi) is 3.88. The van der Waals surface area contributed by atoms with Crippen LogP contribution in [0.2, 0.25) is 0 Å². The van der Waals surface area contributed by atoms with Gasteiger partial charge in [-0.15, -0.1) is 11.3 Å². The van der Waals surface area contributed by atoms with E-state index in [4.69, 9.17) is 4.74 Å². The zero-order valence-electron chi connectivity index (χ0n) is 10.0. The summed E-state index contributed by atoms with van der Waals surface area (Å²) in [6.45, 7) is 0. The smallest absolute Gasteiger partial charge is 0.349 e. The van der Waals surface area contributed by atoms with Crippen LogP contribution in [0.1, 0.15) is 20.2 Å². The average molecular weight is 264 g/mol. The van der Waals surface area contributed by atoms with Crippen LogP contribution in [0.4, 0.5) is 0 Å². The maximum absolute atomic E-state index is 11.3. The molecule has 0 atom stereocenters. The number of hydrogen-bond donors (Lipinski definition) is 0. The van der Waals surface area contributed by atoms with Gasteiger partial charge in [-0.3, -0.25) is 0 Å². The van der Waals surface area contributed by atoms with Crippen molar-refractivity contribution in [2.24, 2.45) is 0 Å². The van der Waals surface area contributed by atoms with Gasteiger partial charge in [0, 0.05) is 18.7 Å². The first-order valence-corrected chi connectivity index (χ1v) is 6.06. The highest BCUT2D eigenvalue weighted by Gasteiger charge is 2.10. The fraction of sp³-hybridized carbons (Fsp3) is 0.250. The van der Waals surface area contributed by atoms with E-state index in [1.165, 1.54) is 24.6 Å². The van der Waals surface area contributed by atoms with Gasteiger partial charge < -0.3 is 9.47 Å². The third kappa shape index (κ3) is 2.84. The Bertz CT molecular complexity index is 537. The standard InChI is InChI=1S/C12H12N2O3S/c1-16-10-4-3-8(6-13-10)5-11-14-7-9(18-11)12(15)17-2/h3-4,6-7H,5H2,1-2H3. The second-order valence-corrected chi connectivity index (χ2v) is 4.61. The minimum atomic E-state index is -0.355. The molecule has 18 heavy (non-hydrogen) atoms. The van der Waals surface area contributed by atoms with Crippen molar-refractivity contribution < 1.29 is 14.3 Å². The van der Waals surface area contributed by atoms with E-state index in [1.807, 2.05) is 6.07 Å². The van der Waals surface area contributed by atoms with E-state index in [9.17, 15) is 4.79 Å². The first-order valence-electron chi connectivity index (χ1n) is 5.25. The van der Waals surface area contributed by atoms with E-state index in [1.54, 1.807) is 19.4 Å². The summed E-state index contributed by atoms with van der Waals surface area (Å²) in [5.41, 5.74) is 1.02. The van der Waals surface area contributed by atoms with Crippen molar-refractivity contribution in [3.8, 4) is 5.88 Å². The van der Waals surface area contributed by atoms with Crippen molar-refractivity contribution in [1.29, 1.82) is 0 Å². The Morgan fingerprint density at radius 3 is 2.72 bits per heavy atom. The summed E-state index contributed by atoms with van der Waals surface area (Å²) in [6.07, 6.45) is 3.90. The molecule has 2 aromatic heterocycles. The number of ether oxygens (including phenoxy) is 2. The SMILES string of the molecule is COC(=O)c1cnc(Cc2ccc(OC)nc2)s1. The predicted octanol–water partition coefficient (Wildman–Crippen LogP) is 1.92. The van der Waals surface area contributed by atoms with Gasteiger partial charge in [0.25, 0.3) is 0 Å². The second kappa shape index (κ2) is 5.59. The quantitative estimate of drug-likeness (QED) is 0.789. The fourth-order valence-electron chi connectivity index (χ4n) is 1.40. The molecule has 0 saturated heterocycles. The number of aromatic nitrogens is 2. The Balaban J connectivity index is 2.08. The van der Waals surface area contributed by atoms with Gasteiger partial charge in [0.15, 0.2) is 0 Å². The molecule has 0 fully saturated rings. The van der Waals surface area contributed by atoms with E-state index in [0.29, 0.717) is 17.2 Å². The van der Waals surface area contributed by atoms with E-state index < -0.39 is 0 Å². The minimum absolute atomic E-state index is 0.355. The van der Waals surface area contributed by atoms with E-state index >= 15 is 0 Å². The van der Waals surface area contributed by atoms with Gasteiger partial charge in [-0.2, -0.15) is 0 Å². The van der Waals surface area contributed by atoms with Crippen molar-refractivity contribution in [3.63, 3.8) is 0 Å². The minimum Gasteiger partial charge on any atom is -0.481 e. The van der Waals surface area contributed by atoms with Gasteiger partial charge in [0.1, 0.15) is 4.88 Å². The summed E-state index contributed by atoms with van der Waals surface area (Å²) in [5.74, 6) is 0.222. The monoisotopic (exact) mass is 264 g/mol. The number of carbonyl (C=O) groups is 1. The van der Waals surface area contributed by atoms with Crippen LogP contribution >= 0.6 is 11.3 Å². The largest absolute Gasteiger partial charge is 0.481 e. The molecule has 0 radical (unpaired) electrons. The number of carbonyl (C=O) groups excluding carboxylic acids is 1. The number of hydrogen-bond acceptors (Lipinski definition) is 6. The Labute approximate surface area is 108 Å². The molecule has 6 heteroatoms. The topological polar surface area (TPSA) is 61.3 Å². The molecule has 0 amide bonds. The highest BCUT2D eigenvalue weighted by molar-refractivity contribution is 7.13. The summed E-state index contributed by atoms with van der Waals surface area (Å²) in [4.78, 5) is 20.1. The lowest BCUT2D eigenvalue weighted by Gasteiger charge is -2.00. The molecule has 2 heterocycles. The summed E-state index contributed by atoms with van der Waals surface area (Å²) >= 11 is 1.33. The van der Waals surface area contributed by atoms with E-state index in [0.717, 1.165) is 10.6 Å². The molecule has 0 spiro atoms. The molecule has 0 saturated carbocycles. The number of esters is 1. The van der Waals surface area contributed by atoms with Gasteiger partial charge >= 0.3 is 5.97 Å². The Hall–Kier alpha value is -1.95. The third-order valence-corrected chi connectivity index (χ3v) is 3.28. The lowest BCUT2D eigenvalue weighted by molar-refractivity contribution is 0.0606. The second-order valence-electron chi connectivity index (χ2n) is 3.50. The van der Waals surface area contributed by atoms with Crippen molar-refractivity contribution in [2.75, 3.05) is 14.2 Å². The number of nitrogens with zero attached hydrogens (tertiary/aromatic N) is 2. The lowest BCUT2D eigenvalue weighted by Crippen LogP contribution is -1.96. The molecule has 0 aliphatic rings. The number of thiazole rings is 1. The summed E-state index contributed by atoms with van der Waals surface area (Å²) in [6, 6.07) is 3.72. The fourth-order valence-corrected chi connectivity index (χ4v) is 2.27. The van der Waals surface area contributed by atoms with Crippen molar-refractivity contribution in [1.82, 2.24) is 9.97 Å². The molecule has 2 rings (SSSR count). The van der Waals surface area contributed by atoms with Crippen LogP contribution in [0.15, 0.2) is 24.5 Å². The molecule has 0 aliphatic carbocycles. The predicted molar refractivity (Wildman–Crippen MR) is 67.0 cm³/mol. The van der Waals surface area contributed by atoms with Crippen molar-refractivity contribution in [3.05, 3.63) is 40.0 Å². The first-order chi connectivity index (χ1) is 8.72. The van der Waals surface area contributed by atoms with Crippen LogP contribution in [-0.4, -0.2) is 30.2 Å². The molecular weight excluding hydrogens is 252 g/mol. The normalized spacial score (nSPS) is 10.1. The molecule has 0 bridgehead atoms. The number of pyridine rings is 1. The molecule has 0 aliphatic heterocycles. The highest BCUT2D eigenvalue weighted by atomic mass is 32.1. The Morgan fingerprint density at radius 1 is 1.28 bits per heavy atom. The van der Waals surface area contributed by atoms with Gasteiger partial charge in [0.05, 0.1) is 25.4 Å². The van der Waals surface area contributed by atoms with Crippen LogP contribution in [-0.2, 0) is 11.2 Å². The number of rotatable bonds is 4. The lowest BCUT2D eigenvalue weighted by atomic mass is 10.2.